The highest BCUT2D eigenvalue weighted by Gasteiger charge is 2.32. The summed E-state index contributed by atoms with van der Waals surface area (Å²) in [6, 6.07) is 2.72. The van der Waals surface area contributed by atoms with Crippen LogP contribution in [0, 0.1) is 6.92 Å². The van der Waals surface area contributed by atoms with E-state index in [2.05, 4.69) is 25.3 Å². The number of nitrogens with one attached hydrogen (secondary N) is 2. The van der Waals surface area contributed by atoms with Crippen LogP contribution in [0.2, 0.25) is 0 Å². The van der Waals surface area contributed by atoms with Crippen molar-refractivity contribution in [1.82, 2.24) is 19.9 Å². The zero-order valence-corrected chi connectivity index (χ0v) is 11.6. The van der Waals surface area contributed by atoms with E-state index in [-0.39, 0.29) is 5.65 Å². The van der Waals surface area contributed by atoms with E-state index < -0.39 is 11.9 Å². The van der Waals surface area contributed by atoms with E-state index >= 15 is 0 Å². The maximum absolute atomic E-state index is 12.7. The summed E-state index contributed by atoms with van der Waals surface area (Å²) in [7, 11) is 0. The number of aryl methyl sites for hydroxylation is 1. The Bertz CT molecular complexity index is 810. The highest BCUT2D eigenvalue weighted by atomic mass is 19.4. The predicted molar refractivity (Wildman–Crippen MR) is 75.2 cm³/mol. The molecule has 5 nitrogen and oxygen atoms in total. The normalized spacial score (nSPS) is 11.8. The molecule has 0 aliphatic carbocycles. The predicted octanol–water partition coefficient (Wildman–Crippen LogP) is 3.29. The molecule has 2 N–H and O–H groups in total. The van der Waals surface area contributed by atoms with E-state index in [1.165, 1.54) is 12.5 Å². The van der Waals surface area contributed by atoms with Crippen LogP contribution in [0.4, 0.5) is 19.0 Å². The van der Waals surface area contributed by atoms with Gasteiger partial charge in [-0.3, -0.25) is 0 Å². The molecule has 0 saturated carbocycles. The minimum Gasteiger partial charge on any atom is -0.366 e. The lowest BCUT2D eigenvalue weighted by Gasteiger charge is -2.07. The standard InChI is InChI=1S/C14H12F3N5/c1-8-4-18-7-21-12(8)19-5-9-2-10-3-11(14(15,16)17)22-13(10)20-6-9/h2-4,6-7H,5H2,1H3,(H,20,22)(H,18,19,21). The highest BCUT2D eigenvalue weighted by molar-refractivity contribution is 5.77. The van der Waals surface area contributed by atoms with Crippen molar-refractivity contribution >= 4 is 16.9 Å². The fourth-order valence-electron chi connectivity index (χ4n) is 2.08. The van der Waals surface area contributed by atoms with Crippen molar-refractivity contribution in [2.75, 3.05) is 5.32 Å². The van der Waals surface area contributed by atoms with Gasteiger partial charge in [-0.05, 0) is 24.6 Å². The number of H-pyrrole nitrogens is 1. The molecule has 0 unspecified atom stereocenters. The van der Waals surface area contributed by atoms with Gasteiger partial charge in [0, 0.05) is 29.9 Å². The maximum atomic E-state index is 12.7. The van der Waals surface area contributed by atoms with Gasteiger partial charge in [0.15, 0.2) is 0 Å². The minimum absolute atomic E-state index is 0.217. The van der Waals surface area contributed by atoms with Crippen molar-refractivity contribution in [3.8, 4) is 0 Å². The third-order valence-electron chi connectivity index (χ3n) is 3.19. The SMILES string of the molecule is Cc1cncnc1NCc1cnc2[nH]c(C(F)(F)F)cc2c1. The van der Waals surface area contributed by atoms with E-state index in [9.17, 15) is 13.2 Å². The number of halogens is 3. The number of aromatic nitrogens is 4. The van der Waals surface area contributed by atoms with Gasteiger partial charge in [-0.25, -0.2) is 15.0 Å². The van der Waals surface area contributed by atoms with Crippen LogP contribution in [-0.4, -0.2) is 19.9 Å². The quantitative estimate of drug-likeness (QED) is 0.779. The third-order valence-corrected chi connectivity index (χ3v) is 3.19. The van der Waals surface area contributed by atoms with Crippen LogP contribution in [-0.2, 0) is 12.7 Å². The first-order valence-corrected chi connectivity index (χ1v) is 6.49. The minimum atomic E-state index is -4.41. The smallest absolute Gasteiger partial charge is 0.366 e. The molecule has 3 aromatic heterocycles. The number of pyridine rings is 1. The summed E-state index contributed by atoms with van der Waals surface area (Å²) in [5, 5.41) is 3.53. The zero-order chi connectivity index (χ0) is 15.7. The largest absolute Gasteiger partial charge is 0.431 e. The van der Waals surface area contributed by atoms with Crippen LogP contribution >= 0.6 is 0 Å². The second-order valence-electron chi connectivity index (χ2n) is 4.87. The summed E-state index contributed by atoms with van der Waals surface area (Å²) >= 11 is 0. The lowest BCUT2D eigenvalue weighted by molar-refractivity contribution is -0.140. The molecule has 3 aromatic rings. The summed E-state index contributed by atoms with van der Waals surface area (Å²) in [5.74, 6) is 0.681. The van der Waals surface area contributed by atoms with E-state index in [1.807, 2.05) is 6.92 Å². The number of hydrogen-bond donors (Lipinski definition) is 2. The lowest BCUT2D eigenvalue weighted by Crippen LogP contribution is -2.04. The first-order chi connectivity index (χ1) is 10.4. The molecule has 3 rings (SSSR count). The van der Waals surface area contributed by atoms with Crippen molar-refractivity contribution in [2.45, 2.75) is 19.6 Å². The molecule has 0 aromatic carbocycles. The van der Waals surface area contributed by atoms with Gasteiger partial charge in [-0.15, -0.1) is 0 Å². The molecule has 8 heteroatoms. The topological polar surface area (TPSA) is 66.5 Å². The number of hydrogen-bond acceptors (Lipinski definition) is 4. The molecule has 0 saturated heterocycles. The van der Waals surface area contributed by atoms with E-state index in [0.29, 0.717) is 17.7 Å². The summed E-state index contributed by atoms with van der Waals surface area (Å²) < 4.78 is 38.0. The number of rotatable bonds is 3. The first-order valence-electron chi connectivity index (χ1n) is 6.49. The van der Waals surface area contributed by atoms with Gasteiger partial charge in [-0.1, -0.05) is 0 Å². The molecule has 0 fully saturated rings. The van der Waals surface area contributed by atoms with Crippen LogP contribution in [0.1, 0.15) is 16.8 Å². The molecule has 0 atom stereocenters. The van der Waals surface area contributed by atoms with Crippen LogP contribution in [0.5, 0.6) is 0 Å². The van der Waals surface area contributed by atoms with Crippen molar-refractivity contribution in [3.05, 3.63) is 47.7 Å². The third kappa shape index (κ3) is 2.85. The van der Waals surface area contributed by atoms with Crippen molar-refractivity contribution in [2.24, 2.45) is 0 Å². The molecular weight excluding hydrogens is 295 g/mol. The van der Waals surface area contributed by atoms with Crippen LogP contribution < -0.4 is 5.32 Å². The number of alkyl halides is 3. The van der Waals surface area contributed by atoms with Gasteiger partial charge < -0.3 is 10.3 Å². The number of aromatic amines is 1. The lowest BCUT2D eigenvalue weighted by atomic mass is 10.2. The van der Waals surface area contributed by atoms with Crippen molar-refractivity contribution in [3.63, 3.8) is 0 Å². The van der Waals surface area contributed by atoms with Gasteiger partial charge in [0.2, 0.25) is 0 Å². The van der Waals surface area contributed by atoms with Crippen LogP contribution in [0.3, 0.4) is 0 Å². The van der Waals surface area contributed by atoms with Gasteiger partial charge in [0.1, 0.15) is 23.5 Å². The summed E-state index contributed by atoms with van der Waals surface area (Å²) in [6.45, 7) is 2.28. The Morgan fingerprint density at radius 3 is 2.73 bits per heavy atom. The molecule has 22 heavy (non-hydrogen) atoms. The number of fused-ring (bicyclic) bond motifs is 1. The molecule has 0 aliphatic rings. The Kier molecular flexibility index (Phi) is 3.44. The zero-order valence-electron chi connectivity index (χ0n) is 11.6. The Balaban J connectivity index is 1.82. The molecule has 114 valence electrons. The second kappa shape index (κ2) is 5.28. The number of nitrogens with zero attached hydrogens (tertiary/aromatic N) is 3. The molecule has 0 amide bonds. The van der Waals surface area contributed by atoms with E-state index in [1.54, 1.807) is 12.3 Å². The van der Waals surface area contributed by atoms with Crippen LogP contribution in [0.15, 0.2) is 30.9 Å². The molecular formula is C14H12F3N5. The molecule has 0 radical (unpaired) electrons. The molecule has 0 bridgehead atoms. The Morgan fingerprint density at radius 1 is 1.18 bits per heavy atom. The monoisotopic (exact) mass is 307 g/mol. The molecule has 0 spiro atoms. The fourth-order valence-corrected chi connectivity index (χ4v) is 2.08. The Morgan fingerprint density at radius 2 is 2.00 bits per heavy atom. The fraction of sp³-hybridized carbons (Fsp3) is 0.214. The van der Waals surface area contributed by atoms with Gasteiger partial charge >= 0.3 is 6.18 Å². The Labute approximate surface area is 123 Å². The first kappa shape index (κ1) is 14.3. The van der Waals surface area contributed by atoms with E-state index in [0.717, 1.165) is 17.2 Å². The highest BCUT2D eigenvalue weighted by Crippen LogP contribution is 2.30. The van der Waals surface area contributed by atoms with Gasteiger partial charge in [-0.2, -0.15) is 13.2 Å². The van der Waals surface area contributed by atoms with Crippen molar-refractivity contribution < 1.29 is 13.2 Å². The molecule has 3 heterocycles. The van der Waals surface area contributed by atoms with E-state index in [4.69, 9.17) is 0 Å². The number of anilines is 1. The second-order valence-corrected chi connectivity index (χ2v) is 4.87. The van der Waals surface area contributed by atoms with Gasteiger partial charge in [0.25, 0.3) is 0 Å². The summed E-state index contributed by atoms with van der Waals surface area (Å²) in [6.07, 6.45) is 0.233. The molecule has 0 aliphatic heterocycles. The Hall–Kier alpha value is -2.64. The maximum Gasteiger partial charge on any atom is 0.431 e. The summed E-state index contributed by atoms with van der Waals surface area (Å²) in [5.41, 5.74) is 1.07. The van der Waals surface area contributed by atoms with Gasteiger partial charge in [0.05, 0.1) is 0 Å². The van der Waals surface area contributed by atoms with Crippen molar-refractivity contribution in [1.29, 1.82) is 0 Å². The summed E-state index contributed by atoms with van der Waals surface area (Å²) in [4.78, 5) is 14.3. The average Bonchev–Trinajstić information content (AvgIpc) is 2.90. The van der Waals surface area contributed by atoms with Crippen LogP contribution in [0.25, 0.3) is 11.0 Å². The average molecular weight is 307 g/mol.